The second-order valence-electron chi connectivity index (χ2n) is 8.68. The summed E-state index contributed by atoms with van der Waals surface area (Å²) in [5, 5.41) is 5.29. The largest absolute Gasteiger partial charge is 0.326 e. The third-order valence-electron chi connectivity index (χ3n) is 5.82. The van der Waals surface area contributed by atoms with Crippen molar-refractivity contribution in [1.29, 1.82) is 0 Å². The molecule has 1 aliphatic heterocycles. The van der Waals surface area contributed by atoms with E-state index < -0.39 is 36.8 Å². The van der Waals surface area contributed by atoms with Crippen LogP contribution in [0, 0.1) is 11.6 Å². The third kappa shape index (κ3) is 5.26. The van der Waals surface area contributed by atoms with Gasteiger partial charge in [0, 0.05) is 22.4 Å². The summed E-state index contributed by atoms with van der Waals surface area (Å²) in [5.41, 5.74) is 0.707. The number of halogens is 4. The molecule has 1 fully saturated rings. The molecule has 0 bridgehead atoms. The summed E-state index contributed by atoms with van der Waals surface area (Å²) >= 11 is 12.1. The van der Waals surface area contributed by atoms with E-state index in [1.54, 1.807) is 37.6 Å². The average Bonchev–Trinajstić information content (AvgIpc) is 3.16. The monoisotopic (exact) mass is 551 g/mol. The van der Waals surface area contributed by atoms with E-state index in [1.807, 2.05) is 0 Å². The van der Waals surface area contributed by atoms with Crippen LogP contribution in [0.5, 0.6) is 0 Å². The Bertz CT molecular complexity index is 1410. The van der Waals surface area contributed by atoms with Crippen molar-refractivity contribution in [2.75, 3.05) is 30.1 Å². The molecule has 36 heavy (non-hydrogen) atoms. The smallest absolute Gasteiger partial charge is 0.319 e. The maximum Gasteiger partial charge on any atom is 0.319 e. The Hall–Kier alpha value is -2.93. The molecule has 0 saturated carbocycles. The number of nitrogens with zero attached hydrogens (tertiary/aromatic N) is 1. The summed E-state index contributed by atoms with van der Waals surface area (Å²) in [7, 11) is -2.70. The van der Waals surface area contributed by atoms with E-state index in [0.29, 0.717) is 10.9 Å². The Morgan fingerprint density at radius 2 is 1.78 bits per heavy atom. The first-order valence-electron chi connectivity index (χ1n) is 10.9. The zero-order valence-electron chi connectivity index (χ0n) is 19.3. The van der Waals surface area contributed by atoms with Crippen LogP contribution in [-0.4, -0.2) is 37.9 Å². The average molecular weight is 552 g/mol. The van der Waals surface area contributed by atoms with Crippen LogP contribution in [0.1, 0.15) is 6.42 Å². The van der Waals surface area contributed by atoms with Crippen LogP contribution < -0.4 is 20.8 Å². The Balaban J connectivity index is 1.53. The molecule has 188 valence electrons. The number of anilines is 2. The first-order valence-corrected chi connectivity index (χ1v) is 14.3. The van der Waals surface area contributed by atoms with Gasteiger partial charge in [0.25, 0.3) is 0 Å². The van der Waals surface area contributed by atoms with Crippen molar-refractivity contribution in [1.82, 2.24) is 5.32 Å². The summed E-state index contributed by atoms with van der Waals surface area (Å²) in [6.07, 6.45) is 0.243. The lowest BCUT2D eigenvalue weighted by Crippen LogP contribution is -2.43. The van der Waals surface area contributed by atoms with Crippen LogP contribution in [0.25, 0.3) is 11.1 Å². The maximum absolute atomic E-state index is 15.4. The molecule has 0 radical (unpaired) electrons. The Morgan fingerprint density at radius 1 is 1.06 bits per heavy atom. The molecule has 3 aromatic rings. The Labute approximate surface area is 217 Å². The zero-order valence-corrected chi connectivity index (χ0v) is 21.7. The van der Waals surface area contributed by atoms with Gasteiger partial charge in [-0.2, -0.15) is 0 Å². The number of urea groups is 1. The van der Waals surface area contributed by atoms with E-state index >= 15 is 4.39 Å². The number of hydrogen-bond acceptors (Lipinski definition) is 3. The SMILES string of the molecule is CP(C)(=O)c1ccccc1-c1ccc(N2CC[C@@H](NC(=O)Nc3ccc(Cl)cc3F)C2=O)c(Cl)c1F. The molecule has 6 nitrogen and oxygen atoms in total. The molecule has 0 aromatic heterocycles. The van der Waals surface area contributed by atoms with Crippen LogP contribution in [0.3, 0.4) is 0 Å². The van der Waals surface area contributed by atoms with Crippen LogP contribution in [-0.2, 0) is 9.36 Å². The van der Waals surface area contributed by atoms with Gasteiger partial charge in [0.05, 0.1) is 11.4 Å². The van der Waals surface area contributed by atoms with Gasteiger partial charge in [-0.15, -0.1) is 0 Å². The lowest BCUT2D eigenvalue weighted by molar-refractivity contribution is -0.118. The van der Waals surface area contributed by atoms with Gasteiger partial charge >= 0.3 is 6.03 Å². The second kappa shape index (κ2) is 10.2. The van der Waals surface area contributed by atoms with E-state index in [2.05, 4.69) is 10.6 Å². The predicted molar refractivity (Wildman–Crippen MR) is 140 cm³/mol. The number of carbonyl (C=O) groups is 2. The van der Waals surface area contributed by atoms with Crippen molar-refractivity contribution in [3.63, 3.8) is 0 Å². The molecule has 1 atom stereocenters. The molecule has 3 amide bonds. The van der Waals surface area contributed by atoms with Gasteiger partial charge in [-0.25, -0.2) is 13.6 Å². The number of hydrogen-bond donors (Lipinski definition) is 2. The van der Waals surface area contributed by atoms with Gasteiger partial charge < -0.3 is 20.1 Å². The summed E-state index contributed by atoms with van der Waals surface area (Å²) in [4.78, 5) is 26.6. The van der Waals surface area contributed by atoms with Crippen molar-refractivity contribution in [3.05, 3.63) is 76.3 Å². The molecule has 0 spiro atoms. The number of amides is 3. The highest BCUT2D eigenvalue weighted by atomic mass is 35.5. The van der Waals surface area contributed by atoms with Crippen molar-refractivity contribution < 1.29 is 22.9 Å². The van der Waals surface area contributed by atoms with Crippen LogP contribution in [0.15, 0.2) is 54.6 Å². The zero-order chi connectivity index (χ0) is 26.2. The fraction of sp³-hybridized carbons (Fsp3) is 0.200. The van der Waals surface area contributed by atoms with Crippen molar-refractivity contribution in [2.24, 2.45) is 0 Å². The van der Waals surface area contributed by atoms with E-state index in [4.69, 9.17) is 23.2 Å². The molecule has 1 saturated heterocycles. The molecule has 0 aliphatic carbocycles. The minimum Gasteiger partial charge on any atom is -0.326 e. The van der Waals surface area contributed by atoms with Gasteiger partial charge in [-0.1, -0.05) is 47.5 Å². The highest BCUT2D eigenvalue weighted by molar-refractivity contribution is 7.70. The first kappa shape index (κ1) is 26.1. The van der Waals surface area contributed by atoms with Gasteiger partial charge in [-0.05, 0) is 55.6 Å². The topological polar surface area (TPSA) is 78.5 Å². The highest BCUT2D eigenvalue weighted by Crippen LogP contribution is 2.42. The molecule has 1 heterocycles. The predicted octanol–water partition coefficient (Wildman–Crippen LogP) is 6.11. The number of carbonyl (C=O) groups excluding carboxylic acids is 2. The van der Waals surface area contributed by atoms with Crippen molar-refractivity contribution >= 4 is 59.0 Å². The summed E-state index contributed by atoms with van der Waals surface area (Å²) < 4.78 is 42.1. The summed E-state index contributed by atoms with van der Waals surface area (Å²) in [5.74, 6) is -1.94. The molecule has 2 N–H and O–H groups in total. The number of benzene rings is 3. The van der Waals surface area contributed by atoms with Gasteiger partial charge in [0.2, 0.25) is 5.91 Å². The third-order valence-corrected chi connectivity index (χ3v) is 7.96. The second-order valence-corrected chi connectivity index (χ2v) is 12.7. The summed E-state index contributed by atoms with van der Waals surface area (Å²) in [6, 6.07) is 11.9. The Morgan fingerprint density at radius 3 is 2.47 bits per heavy atom. The fourth-order valence-electron chi connectivity index (χ4n) is 4.09. The maximum atomic E-state index is 15.4. The van der Waals surface area contributed by atoms with Crippen LogP contribution in [0.2, 0.25) is 10.0 Å². The van der Waals surface area contributed by atoms with E-state index in [0.717, 1.165) is 6.07 Å². The molecule has 4 rings (SSSR count). The van der Waals surface area contributed by atoms with E-state index in [-0.39, 0.29) is 39.9 Å². The normalized spacial score (nSPS) is 15.8. The highest BCUT2D eigenvalue weighted by Gasteiger charge is 2.35. The quantitative estimate of drug-likeness (QED) is 0.375. The summed E-state index contributed by atoms with van der Waals surface area (Å²) in [6.45, 7) is 3.40. The Kier molecular flexibility index (Phi) is 7.41. The van der Waals surface area contributed by atoms with Crippen LogP contribution >= 0.6 is 30.3 Å². The molecular formula is C25H22Cl2F2N3O3P. The van der Waals surface area contributed by atoms with Crippen molar-refractivity contribution in [2.45, 2.75) is 12.5 Å². The van der Waals surface area contributed by atoms with Crippen LogP contribution in [0.4, 0.5) is 25.0 Å². The molecular weight excluding hydrogens is 530 g/mol. The lowest BCUT2D eigenvalue weighted by atomic mass is 10.0. The van der Waals surface area contributed by atoms with Gasteiger partial charge in [0.1, 0.15) is 24.0 Å². The minimum absolute atomic E-state index is 0.0936. The van der Waals surface area contributed by atoms with Crippen molar-refractivity contribution in [3.8, 4) is 11.1 Å². The van der Waals surface area contributed by atoms with Gasteiger partial charge in [0.15, 0.2) is 5.82 Å². The van der Waals surface area contributed by atoms with Gasteiger partial charge in [-0.3, -0.25) is 4.79 Å². The molecule has 11 heteroatoms. The minimum atomic E-state index is -2.70. The molecule has 1 aliphatic rings. The number of nitrogens with one attached hydrogen (secondary N) is 2. The van der Waals surface area contributed by atoms with E-state index in [9.17, 15) is 18.5 Å². The standard InChI is InChI=1S/C25H22Cl2F2N3O3P/c1-36(2,35)21-6-4-3-5-15(21)16-8-10-20(22(27)23(16)29)32-12-11-19(24(32)33)31-25(34)30-18-9-7-14(26)13-17(18)28/h3-10,13,19H,11-12H2,1-2H3,(H2,30,31,34)/t19-/m1/s1. The first-order chi connectivity index (χ1) is 17.0. The lowest BCUT2D eigenvalue weighted by Gasteiger charge is -2.21. The van der Waals surface area contributed by atoms with E-state index in [1.165, 1.54) is 29.2 Å². The number of rotatable bonds is 5. The molecule has 3 aromatic carbocycles. The molecule has 0 unspecified atom stereocenters. The fourth-order valence-corrected chi connectivity index (χ4v) is 5.73.